The highest BCUT2D eigenvalue weighted by atomic mass is 16.5. The highest BCUT2D eigenvalue weighted by Crippen LogP contribution is 2.30. The molecule has 0 aliphatic heterocycles. The number of ether oxygens (including phenoxy) is 1. The van der Waals surface area contributed by atoms with Crippen molar-refractivity contribution in [3.63, 3.8) is 0 Å². The Hall–Kier alpha value is -0.800. The second kappa shape index (κ2) is 6.82. The van der Waals surface area contributed by atoms with E-state index in [4.69, 9.17) is 9.15 Å². The normalized spacial score (nSPS) is 19.2. The molecule has 3 nitrogen and oxygen atoms in total. The molecule has 0 spiro atoms. The van der Waals surface area contributed by atoms with Crippen LogP contribution in [0.4, 0.5) is 0 Å². The fourth-order valence-electron chi connectivity index (χ4n) is 2.40. The van der Waals surface area contributed by atoms with Gasteiger partial charge in [0.15, 0.2) is 0 Å². The predicted octanol–water partition coefficient (Wildman–Crippen LogP) is 3.06. The topological polar surface area (TPSA) is 34.4 Å². The summed E-state index contributed by atoms with van der Waals surface area (Å²) in [5, 5.41) is 3.60. The van der Waals surface area contributed by atoms with Gasteiger partial charge >= 0.3 is 0 Å². The Labute approximate surface area is 104 Å². The van der Waals surface area contributed by atoms with Crippen molar-refractivity contribution in [1.29, 1.82) is 0 Å². The number of hydrogen-bond donors (Lipinski definition) is 1. The zero-order valence-electron chi connectivity index (χ0n) is 10.7. The standard InChI is InChI=1S/C14H23NO2/c1-2-9-16-10-4-8-15-13-5-3-6-14-12(13)7-11-17-14/h7,11,13,15H,2-6,8-10H2,1H3. The van der Waals surface area contributed by atoms with E-state index in [1.807, 2.05) is 6.26 Å². The lowest BCUT2D eigenvalue weighted by Crippen LogP contribution is -2.26. The molecule has 1 aromatic rings. The van der Waals surface area contributed by atoms with Gasteiger partial charge in [-0.05, 0) is 38.3 Å². The molecule has 96 valence electrons. The van der Waals surface area contributed by atoms with E-state index in [2.05, 4.69) is 18.3 Å². The zero-order chi connectivity index (χ0) is 11.9. The lowest BCUT2D eigenvalue weighted by molar-refractivity contribution is 0.131. The van der Waals surface area contributed by atoms with E-state index in [0.29, 0.717) is 6.04 Å². The quantitative estimate of drug-likeness (QED) is 0.740. The molecule has 0 saturated heterocycles. The molecule has 0 saturated carbocycles. The van der Waals surface area contributed by atoms with Gasteiger partial charge in [-0.3, -0.25) is 0 Å². The average molecular weight is 237 g/mol. The molecule has 2 rings (SSSR count). The molecule has 1 unspecified atom stereocenters. The van der Waals surface area contributed by atoms with Crippen molar-refractivity contribution < 1.29 is 9.15 Å². The summed E-state index contributed by atoms with van der Waals surface area (Å²) < 4.78 is 10.9. The summed E-state index contributed by atoms with van der Waals surface area (Å²) in [6, 6.07) is 2.60. The predicted molar refractivity (Wildman–Crippen MR) is 68.1 cm³/mol. The van der Waals surface area contributed by atoms with Gasteiger partial charge in [0.2, 0.25) is 0 Å². The van der Waals surface area contributed by atoms with E-state index < -0.39 is 0 Å². The third kappa shape index (κ3) is 3.58. The van der Waals surface area contributed by atoms with Crippen LogP contribution in [0.2, 0.25) is 0 Å². The molecule has 0 aromatic carbocycles. The van der Waals surface area contributed by atoms with E-state index in [0.717, 1.165) is 39.0 Å². The van der Waals surface area contributed by atoms with Crippen molar-refractivity contribution in [1.82, 2.24) is 5.32 Å². The second-order valence-electron chi connectivity index (χ2n) is 4.66. The van der Waals surface area contributed by atoms with Gasteiger partial charge in [-0.1, -0.05) is 6.92 Å². The maximum Gasteiger partial charge on any atom is 0.108 e. The monoisotopic (exact) mass is 237 g/mol. The molecule has 3 heteroatoms. The number of aryl methyl sites for hydroxylation is 1. The molecular weight excluding hydrogens is 214 g/mol. The van der Waals surface area contributed by atoms with Crippen LogP contribution < -0.4 is 5.32 Å². The van der Waals surface area contributed by atoms with Crippen LogP contribution in [0, 0.1) is 0 Å². The Bertz CT molecular complexity index is 322. The Morgan fingerprint density at radius 1 is 1.47 bits per heavy atom. The Kier molecular flexibility index (Phi) is 5.08. The third-order valence-corrected chi connectivity index (χ3v) is 3.26. The molecule has 0 bridgehead atoms. The number of hydrogen-bond acceptors (Lipinski definition) is 3. The molecule has 1 aromatic heterocycles. The van der Waals surface area contributed by atoms with Crippen molar-refractivity contribution in [3.05, 3.63) is 23.7 Å². The van der Waals surface area contributed by atoms with Crippen LogP contribution in [0.25, 0.3) is 0 Å². The van der Waals surface area contributed by atoms with Crippen molar-refractivity contribution in [3.8, 4) is 0 Å². The Morgan fingerprint density at radius 3 is 3.29 bits per heavy atom. The van der Waals surface area contributed by atoms with E-state index in [9.17, 15) is 0 Å². The van der Waals surface area contributed by atoms with Gasteiger partial charge in [-0.15, -0.1) is 0 Å². The Balaban J connectivity index is 1.67. The molecule has 17 heavy (non-hydrogen) atoms. The molecule has 1 aliphatic rings. The van der Waals surface area contributed by atoms with Gasteiger partial charge < -0.3 is 14.5 Å². The van der Waals surface area contributed by atoms with Gasteiger partial charge in [0.05, 0.1) is 6.26 Å². The van der Waals surface area contributed by atoms with Crippen molar-refractivity contribution in [2.75, 3.05) is 19.8 Å². The number of rotatable bonds is 7. The zero-order valence-corrected chi connectivity index (χ0v) is 10.7. The minimum absolute atomic E-state index is 0.490. The largest absolute Gasteiger partial charge is 0.469 e. The van der Waals surface area contributed by atoms with E-state index in [1.165, 1.54) is 24.2 Å². The van der Waals surface area contributed by atoms with Crippen LogP contribution >= 0.6 is 0 Å². The van der Waals surface area contributed by atoms with Crippen molar-refractivity contribution in [2.24, 2.45) is 0 Å². The first-order valence-electron chi connectivity index (χ1n) is 6.79. The first-order chi connectivity index (χ1) is 8.42. The number of fused-ring (bicyclic) bond motifs is 1. The smallest absolute Gasteiger partial charge is 0.108 e. The minimum Gasteiger partial charge on any atom is -0.469 e. The first-order valence-corrected chi connectivity index (χ1v) is 6.79. The fraction of sp³-hybridized carbons (Fsp3) is 0.714. The highest BCUT2D eigenvalue weighted by Gasteiger charge is 2.21. The highest BCUT2D eigenvalue weighted by molar-refractivity contribution is 5.23. The van der Waals surface area contributed by atoms with Crippen LogP contribution in [0.5, 0.6) is 0 Å². The molecule has 0 fully saturated rings. The minimum atomic E-state index is 0.490. The third-order valence-electron chi connectivity index (χ3n) is 3.26. The van der Waals surface area contributed by atoms with E-state index in [1.54, 1.807) is 0 Å². The van der Waals surface area contributed by atoms with Crippen molar-refractivity contribution >= 4 is 0 Å². The molecule has 0 radical (unpaired) electrons. The Morgan fingerprint density at radius 2 is 2.41 bits per heavy atom. The van der Waals surface area contributed by atoms with Gasteiger partial charge in [0, 0.05) is 31.2 Å². The van der Waals surface area contributed by atoms with E-state index >= 15 is 0 Å². The van der Waals surface area contributed by atoms with Crippen LogP contribution in [-0.2, 0) is 11.2 Å². The fourth-order valence-corrected chi connectivity index (χ4v) is 2.40. The molecular formula is C14H23NO2. The molecule has 1 aliphatic carbocycles. The first kappa shape index (κ1) is 12.7. The van der Waals surface area contributed by atoms with Gasteiger partial charge in [0.25, 0.3) is 0 Å². The van der Waals surface area contributed by atoms with Crippen LogP contribution in [0.3, 0.4) is 0 Å². The summed E-state index contributed by atoms with van der Waals surface area (Å²) in [4.78, 5) is 0. The number of nitrogens with one attached hydrogen (secondary N) is 1. The van der Waals surface area contributed by atoms with Gasteiger partial charge in [-0.25, -0.2) is 0 Å². The van der Waals surface area contributed by atoms with Crippen molar-refractivity contribution in [2.45, 2.75) is 45.1 Å². The van der Waals surface area contributed by atoms with Crippen LogP contribution in [0.15, 0.2) is 16.7 Å². The summed E-state index contributed by atoms with van der Waals surface area (Å²) in [6.07, 6.45) is 7.56. The van der Waals surface area contributed by atoms with Gasteiger partial charge in [-0.2, -0.15) is 0 Å². The van der Waals surface area contributed by atoms with Crippen LogP contribution in [0.1, 0.15) is 50.0 Å². The molecule has 0 amide bonds. The molecule has 1 heterocycles. The van der Waals surface area contributed by atoms with E-state index in [-0.39, 0.29) is 0 Å². The summed E-state index contributed by atoms with van der Waals surface area (Å²) in [5.74, 6) is 1.18. The maximum absolute atomic E-state index is 5.48. The van der Waals surface area contributed by atoms with Gasteiger partial charge in [0.1, 0.15) is 5.76 Å². The summed E-state index contributed by atoms with van der Waals surface area (Å²) >= 11 is 0. The lowest BCUT2D eigenvalue weighted by Gasteiger charge is -2.22. The lowest BCUT2D eigenvalue weighted by atomic mass is 9.93. The molecule has 1 N–H and O–H groups in total. The SMILES string of the molecule is CCCOCCCNC1CCCc2occc21. The maximum atomic E-state index is 5.48. The second-order valence-corrected chi connectivity index (χ2v) is 4.66. The average Bonchev–Trinajstić information content (AvgIpc) is 2.82. The van der Waals surface area contributed by atoms with Crippen LogP contribution in [-0.4, -0.2) is 19.8 Å². The summed E-state index contributed by atoms with van der Waals surface area (Å²) in [7, 11) is 0. The molecule has 1 atom stereocenters. The number of furan rings is 1. The summed E-state index contributed by atoms with van der Waals surface area (Å²) in [5.41, 5.74) is 1.37. The summed E-state index contributed by atoms with van der Waals surface area (Å²) in [6.45, 7) is 4.92.